The van der Waals surface area contributed by atoms with Crippen LogP contribution in [-0.2, 0) is 40.8 Å². The summed E-state index contributed by atoms with van der Waals surface area (Å²) in [4.78, 5) is 41.7. The van der Waals surface area contributed by atoms with Crippen LogP contribution in [-0.4, -0.2) is 71.7 Å². The number of hydrogen-bond donors (Lipinski definition) is 2. The number of fused-ring (bicyclic) bond motifs is 1. The monoisotopic (exact) mass is 660 g/mol. The highest BCUT2D eigenvalue weighted by Gasteiger charge is 2.56. The third-order valence-electron chi connectivity index (χ3n) is 10.5. The quantitative estimate of drug-likeness (QED) is 0.182. The molecule has 1 saturated heterocycles. The van der Waals surface area contributed by atoms with Crippen molar-refractivity contribution in [3.63, 3.8) is 0 Å². The van der Waals surface area contributed by atoms with Crippen molar-refractivity contribution < 1.29 is 28.0 Å². The molecule has 1 aliphatic heterocycles. The van der Waals surface area contributed by atoms with Gasteiger partial charge in [0.1, 0.15) is 6.04 Å². The van der Waals surface area contributed by atoms with E-state index in [4.69, 9.17) is 13.6 Å². The highest BCUT2D eigenvalue weighted by molar-refractivity contribution is 6.74. The van der Waals surface area contributed by atoms with Crippen molar-refractivity contribution in [2.75, 3.05) is 19.8 Å². The molecule has 2 N–H and O–H groups in total. The molecule has 0 aromatic heterocycles. The molecule has 45 heavy (non-hydrogen) atoms. The van der Waals surface area contributed by atoms with E-state index in [9.17, 15) is 14.4 Å². The van der Waals surface area contributed by atoms with Crippen LogP contribution < -0.4 is 10.6 Å². The molecule has 1 heterocycles. The number of amides is 2. The second kappa shape index (κ2) is 14.1. The molecule has 8 nitrogen and oxygen atoms in total. The van der Waals surface area contributed by atoms with Crippen LogP contribution in [0.4, 0.5) is 0 Å². The maximum absolute atomic E-state index is 14.0. The van der Waals surface area contributed by atoms with Crippen molar-refractivity contribution in [1.82, 2.24) is 10.6 Å². The summed E-state index contributed by atoms with van der Waals surface area (Å²) < 4.78 is 18.7. The first-order valence-corrected chi connectivity index (χ1v) is 22.5. The van der Waals surface area contributed by atoms with Gasteiger partial charge in [0.15, 0.2) is 28.0 Å². The summed E-state index contributed by atoms with van der Waals surface area (Å²) in [5.74, 6) is -0.803. The fourth-order valence-corrected chi connectivity index (χ4v) is 7.14. The van der Waals surface area contributed by atoms with Crippen molar-refractivity contribution in [3.8, 4) is 0 Å². The Morgan fingerprint density at radius 3 is 2.00 bits per heavy atom. The van der Waals surface area contributed by atoms with E-state index in [0.717, 1.165) is 12.8 Å². The molecule has 1 aromatic rings. The van der Waals surface area contributed by atoms with Gasteiger partial charge in [-0.05, 0) is 79.0 Å². The topological polar surface area (TPSA) is 106 Å². The third-order valence-corrected chi connectivity index (χ3v) is 19.5. The van der Waals surface area contributed by atoms with Crippen LogP contribution >= 0.6 is 0 Å². The molecule has 1 aromatic carbocycles. The van der Waals surface area contributed by atoms with Gasteiger partial charge in [-0.15, -0.1) is 0 Å². The van der Waals surface area contributed by atoms with E-state index < -0.39 is 40.2 Å². The number of ketones is 1. The zero-order valence-corrected chi connectivity index (χ0v) is 32.0. The van der Waals surface area contributed by atoms with Crippen LogP contribution in [0, 0.1) is 11.8 Å². The lowest BCUT2D eigenvalue weighted by molar-refractivity contribution is -0.135. The van der Waals surface area contributed by atoms with Gasteiger partial charge in [0.25, 0.3) is 0 Å². The van der Waals surface area contributed by atoms with E-state index in [1.54, 1.807) is 0 Å². The molecule has 0 saturated carbocycles. The number of nitrogens with one attached hydrogen (secondary N) is 2. The van der Waals surface area contributed by atoms with Crippen molar-refractivity contribution in [2.24, 2.45) is 11.8 Å². The second-order valence-corrected chi connectivity index (χ2v) is 26.3. The Labute approximate surface area is 274 Å². The van der Waals surface area contributed by atoms with Crippen molar-refractivity contribution >= 4 is 34.2 Å². The zero-order chi connectivity index (χ0) is 34.0. The number of carbonyl (C=O) groups excluding carboxylic acids is 3. The molecule has 4 atom stereocenters. The molecule has 2 unspecified atom stereocenters. The number of epoxide rings is 1. The average molecular weight is 661 g/mol. The van der Waals surface area contributed by atoms with Crippen LogP contribution in [0.5, 0.6) is 0 Å². The van der Waals surface area contributed by atoms with Gasteiger partial charge in [0.05, 0.1) is 25.9 Å². The molecular weight excluding hydrogens is 601 g/mol. The van der Waals surface area contributed by atoms with Gasteiger partial charge in [0.2, 0.25) is 11.8 Å². The van der Waals surface area contributed by atoms with Crippen LogP contribution in [0.3, 0.4) is 0 Å². The summed E-state index contributed by atoms with van der Waals surface area (Å²) in [6.07, 6.45) is 2.65. The fourth-order valence-electron chi connectivity index (χ4n) is 5.09. The lowest BCUT2D eigenvalue weighted by atomic mass is 9.83. The summed E-state index contributed by atoms with van der Waals surface area (Å²) in [6.45, 7) is 26.1. The zero-order valence-electron chi connectivity index (χ0n) is 30.0. The third kappa shape index (κ3) is 9.59. The predicted molar refractivity (Wildman–Crippen MR) is 185 cm³/mol. The minimum atomic E-state index is -2.23. The minimum absolute atomic E-state index is 0.00629. The fraction of sp³-hybridized carbons (Fsp3) is 0.743. The van der Waals surface area contributed by atoms with E-state index in [1.807, 2.05) is 26.0 Å². The van der Waals surface area contributed by atoms with E-state index in [0.29, 0.717) is 12.8 Å². The highest BCUT2D eigenvalue weighted by atomic mass is 28.4. The molecule has 2 amide bonds. The van der Waals surface area contributed by atoms with Gasteiger partial charge in [-0.3, -0.25) is 14.4 Å². The van der Waals surface area contributed by atoms with Gasteiger partial charge in [0, 0.05) is 5.92 Å². The molecule has 2 aliphatic rings. The summed E-state index contributed by atoms with van der Waals surface area (Å²) in [7, 11) is -4.35. The first kappa shape index (κ1) is 37.6. The van der Waals surface area contributed by atoms with E-state index in [-0.39, 0.29) is 53.4 Å². The first-order valence-electron chi connectivity index (χ1n) is 16.7. The molecule has 1 aliphatic carbocycles. The number of Topliss-reactive ketones (excluding diaryl/α,β-unsaturated/α-hetero) is 1. The van der Waals surface area contributed by atoms with Crippen molar-refractivity contribution in [2.45, 2.75) is 135 Å². The van der Waals surface area contributed by atoms with Gasteiger partial charge in [-0.2, -0.15) is 0 Å². The molecule has 0 bridgehead atoms. The van der Waals surface area contributed by atoms with Crippen LogP contribution in [0.1, 0.15) is 79.4 Å². The van der Waals surface area contributed by atoms with Gasteiger partial charge in [-0.1, -0.05) is 79.7 Å². The SMILES string of the molecule is CC(C)C[C@H](NC(=O)[C@H](CO[Si](C)(C)C(C)(C)C)NC(=O)C1CCc2ccccc2C1)C(=O)C1(CO[Si](C)(C)C(C)(C)C)CO1. The highest BCUT2D eigenvalue weighted by Crippen LogP contribution is 2.40. The molecule has 3 rings (SSSR count). The Balaban J connectivity index is 1.79. The Kier molecular flexibility index (Phi) is 11.8. The lowest BCUT2D eigenvalue weighted by Crippen LogP contribution is -2.58. The Hall–Kier alpha value is -1.86. The first-order chi connectivity index (χ1) is 20.6. The molecule has 0 radical (unpaired) electrons. The van der Waals surface area contributed by atoms with E-state index in [2.05, 4.69) is 90.5 Å². The Morgan fingerprint density at radius 1 is 0.911 bits per heavy atom. The number of benzene rings is 1. The number of carbonyl (C=O) groups is 3. The largest absolute Gasteiger partial charge is 0.414 e. The Bertz CT molecular complexity index is 1210. The Morgan fingerprint density at radius 2 is 1.47 bits per heavy atom. The molecule has 0 spiro atoms. The summed E-state index contributed by atoms with van der Waals surface area (Å²) >= 11 is 0. The summed E-state index contributed by atoms with van der Waals surface area (Å²) in [6, 6.07) is 6.53. The lowest BCUT2D eigenvalue weighted by Gasteiger charge is -2.38. The van der Waals surface area contributed by atoms with Crippen molar-refractivity contribution in [3.05, 3.63) is 35.4 Å². The van der Waals surface area contributed by atoms with Gasteiger partial charge in [-0.25, -0.2) is 0 Å². The molecule has 1 fully saturated rings. The van der Waals surface area contributed by atoms with Crippen LogP contribution in [0.2, 0.25) is 36.3 Å². The van der Waals surface area contributed by atoms with Crippen LogP contribution in [0.15, 0.2) is 24.3 Å². The molecule has 10 heteroatoms. The number of rotatable bonds is 14. The van der Waals surface area contributed by atoms with Crippen molar-refractivity contribution in [1.29, 1.82) is 0 Å². The molecule has 254 valence electrons. The van der Waals surface area contributed by atoms with Gasteiger partial charge >= 0.3 is 0 Å². The second-order valence-electron chi connectivity index (χ2n) is 16.7. The standard InChI is InChI=1S/C35H60N2O6Si2/c1-24(2)19-28(30(38)35(22-41-35)23-43-45(11,12)34(6,7)8)36-32(40)29(21-42-44(9,10)33(3,4)5)37-31(39)27-18-17-25-15-13-14-16-26(25)20-27/h13-16,24,27-29H,17-23H2,1-12H3,(H,36,40)(H,37,39)/t27?,28-,29-,35?/m0/s1. The minimum Gasteiger partial charge on any atom is -0.414 e. The molecular formula is C35H60N2O6Si2. The maximum Gasteiger partial charge on any atom is 0.245 e. The number of aryl methyl sites for hydroxylation is 1. The van der Waals surface area contributed by atoms with E-state index >= 15 is 0 Å². The van der Waals surface area contributed by atoms with E-state index in [1.165, 1.54) is 11.1 Å². The number of ether oxygens (including phenoxy) is 1. The maximum atomic E-state index is 14.0. The van der Waals surface area contributed by atoms with Gasteiger partial charge < -0.3 is 24.2 Å². The smallest absolute Gasteiger partial charge is 0.245 e. The number of hydrogen-bond acceptors (Lipinski definition) is 6. The average Bonchev–Trinajstić information content (AvgIpc) is 3.72. The van der Waals surface area contributed by atoms with Crippen LogP contribution in [0.25, 0.3) is 0 Å². The summed E-state index contributed by atoms with van der Waals surface area (Å²) in [5, 5.41) is 5.99. The normalized spacial score (nSPS) is 21.9. The summed E-state index contributed by atoms with van der Waals surface area (Å²) in [5.41, 5.74) is 1.41. The predicted octanol–water partition coefficient (Wildman–Crippen LogP) is 6.19.